The Balaban J connectivity index is 2.07. The highest BCUT2D eigenvalue weighted by atomic mass is 32.2. The summed E-state index contributed by atoms with van der Waals surface area (Å²) in [5.74, 6) is 0.947. The summed E-state index contributed by atoms with van der Waals surface area (Å²) in [5, 5.41) is 5.53. The third kappa shape index (κ3) is 3.17. The number of thioether (sulfide) groups is 1. The largest absolute Gasteiger partial charge is 0.301 e. The Bertz CT molecular complexity index is 897. The summed E-state index contributed by atoms with van der Waals surface area (Å²) in [6.07, 6.45) is 3.81. The molecule has 0 spiro atoms. The molecule has 0 radical (unpaired) electrons. The van der Waals surface area contributed by atoms with Gasteiger partial charge in [0.05, 0.1) is 11.9 Å². The number of hydrogen-bond donors (Lipinski definition) is 1. The molecule has 0 aliphatic rings. The van der Waals surface area contributed by atoms with E-state index < -0.39 is 0 Å². The third-order valence-electron chi connectivity index (χ3n) is 3.89. The van der Waals surface area contributed by atoms with Gasteiger partial charge in [0.1, 0.15) is 5.39 Å². The number of aryl methyl sites for hydroxylation is 2. The van der Waals surface area contributed by atoms with Gasteiger partial charge < -0.3 is 4.98 Å². The summed E-state index contributed by atoms with van der Waals surface area (Å²) >= 11 is 1.58. The van der Waals surface area contributed by atoms with Crippen LogP contribution in [0.4, 0.5) is 0 Å². The highest BCUT2D eigenvalue weighted by Crippen LogP contribution is 2.20. The lowest BCUT2D eigenvalue weighted by atomic mass is 10.1. The molecule has 0 saturated heterocycles. The maximum Gasteiger partial charge on any atom is 0.262 e. The molecule has 0 aliphatic carbocycles. The number of aromatic nitrogens is 4. The topological polar surface area (TPSA) is 63.6 Å². The summed E-state index contributed by atoms with van der Waals surface area (Å²) in [6, 6.07) is 6.12. The molecule has 3 rings (SSSR count). The maximum atomic E-state index is 12.2. The maximum absolute atomic E-state index is 12.2. The Morgan fingerprint density at radius 3 is 2.83 bits per heavy atom. The molecule has 5 nitrogen and oxygen atoms in total. The van der Waals surface area contributed by atoms with Gasteiger partial charge in [0.2, 0.25) is 0 Å². The van der Waals surface area contributed by atoms with E-state index in [4.69, 9.17) is 0 Å². The van der Waals surface area contributed by atoms with Crippen molar-refractivity contribution in [2.75, 3.05) is 5.75 Å². The van der Waals surface area contributed by atoms with Crippen LogP contribution in [0.2, 0.25) is 0 Å². The number of fused-ring (bicyclic) bond motifs is 1. The van der Waals surface area contributed by atoms with Crippen LogP contribution in [0, 0.1) is 13.8 Å². The minimum Gasteiger partial charge on any atom is -0.301 e. The van der Waals surface area contributed by atoms with Crippen molar-refractivity contribution in [1.82, 2.24) is 19.7 Å². The molecule has 0 atom stereocenters. The fourth-order valence-electron chi connectivity index (χ4n) is 2.33. The first kappa shape index (κ1) is 15.8. The van der Waals surface area contributed by atoms with Crippen LogP contribution in [0.3, 0.4) is 0 Å². The number of aromatic amines is 1. The Labute approximate surface area is 139 Å². The van der Waals surface area contributed by atoms with Crippen LogP contribution < -0.4 is 5.56 Å². The number of hydrogen-bond acceptors (Lipinski definition) is 4. The van der Waals surface area contributed by atoms with Crippen molar-refractivity contribution in [3.63, 3.8) is 0 Å². The van der Waals surface area contributed by atoms with E-state index in [1.165, 1.54) is 11.1 Å². The van der Waals surface area contributed by atoms with E-state index in [0.29, 0.717) is 16.2 Å². The monoisotopic (exact) mass is 328 g/mol. The van der Waals surface area contributed by atoms with Crippen LogP contribution in [0.5, 0.6) is 0 Å². The molecule has 1 aromatic carbocycles. The Hall–Kier alpha value is -2.08. The number of unbranched alkanes of at least 4 members (excludes halogenated alkanes) is 1. The molecule has 0 unspecified atom stereocenters. The summed E-state index contributed by atoms with van der Waals surface area (Å²) < 4.78 is 1.74. The van der Waals surface area contributed by atoms with Gasteiger partial charge in [-0.25, -0.2) is 9.67 Å². The third-order valence-corrected chi connectivity index (χ3v) is 4.85. The molecule has 0 bridgehead atoms. The second kappa shape index (κ2) is 6.58. The van der Waals surface area contributed by atoms with Gasteiger partial charge in [-0.15, -0.1) is 0 Å². The minimum absolute atomic E-state index is 0.135. The van der Waals surface area contributed by atoms with Gasteiger partial charge in [-0.1, -0.05) is 31.2 Å². The second-order valence-electron chi connectivity index (χ2n) is 5.64. The number of nitrogens with one attached hydrogen (secondary N) is 1. The molecule has 2 aromatic heterocycles. The number of rotatable bonds is 5. The zero-order valence-electron chi connectivity index (χ0n) is 13.6. The van der Waals surface area contributed by atoms with Gasteiger partial charge in [0, 0.05) is 5.75 Å². The molecule has 120 valence electrons. The molecule has 0 fully saturated rings. The zero-order chi connectivity index (χ0) is 16.4. The van der Waals surface area contributed by atoms with Crippen LogP contribution in [-0.4, -0.2) is 25.5 Å². The van der Waals surface area contributed by atoms with Crippen molar-refractivity contribution < 1.29 is 0 Å². The van der Waals surface area contributed by atoms with E-state index >= 15 is 0 Å². The first-order chi connectivity index (χ1) is 11.1. The predicted molar refractivity (Wildman–Crippen MR) is 94.6 cm³/mol. The minimum atomic E-state index is -0.135. The highest BCUT2D eigenvalue weighted by molar-refractivity contribution is 7.99. The predicted octanol–water partition coefficient (Wildman–Crippen LogP) is 3.62. The van der Waals surface area contributed by atoms with Gasteiger partial charge in [-0.05, 0) is 43.5 Å². The van der Waals surface area contributed by atoms with E-state index in [1.807, 2.05) is 6.07 Å². The van der Waals surface area contributed by atoms with Gasteiger partial charge in [0.25, 0.3) is 5.56 Å². The molecule has 3 aromatic rings. The van der Waals surface area contributed by atoms with Crippen LogP contribution in [0.25, 0.3) is 16.7 Å². The van der Waals surface area contributed by atoms with E-state index in [1.54, 1.807) is 22.6 Å². The lowest BCUT2D eigenvalue weighted by Crippen LogP contribution is -2.10. The van der Waals surface area contributed by atoms with E-state index in [-0.39, 0.29) is 5.56 Å². The zero-order valence-corrected chi connectivity index (χ0v) is 14.4. The molecular weight excluding hydrogens is 308 g/mol. The molecule has 2 heterocycles. The number of H-pyrrole nitrogens is 1. The molecule has 1 N–H and O–H groups in total. The first-order valence-corrected chi connectivity index (χ1v) is 8.77. The lowest BCUT2D eigenvalue weighted by molar-refractivity contribution is 0.865. The standard InChI is InChI=1S/C17H20N4OS/c1-4-5-8-23-17-19-15-14(16(22)20-17)10-18-21(15)13-7-6-11(2)12(3)9-13/h6-7,9-10H,4-5,8H2,1-3H3,(H,19,20,22). The number of benzene rings is 1. The molecular formula is C17H20N4OS. The average molecular weight is 328 g/mol. The molecule has 0 saturated carbocycles. The van der Waals surface area contributed by atoms with Gasteiger partial charge in [-0.3, -0.25) is 4.79 Å². The quantitative estimate of drug-likeness (QED) is 0.441. The van der Waals surface area contributed by atoms with Crippen molar-refractivity contribution in [1.29, 1.82) is 0 Å². The van der Waals surface area contributed by atoms with Gasteiger partial charge in [0.15, 0.2) is 10.8 Å². The summed E-state index contributed by atoms with van der Waals surface area (Å²) in [4.78, 5) is 19.7. The van der Waals surface area contributed by atoms with E-state index in [2.05, 4.69) is 48.0 Å². The molecule has 6 heteroatoms. The van der Waals surface area contributed by atoms with Crippen molar-refractivity contribution >= 4 is 22.8 Å². The van der Waals surface area contributed by atoms with Crippen LogP contribution in [0.1, 0.15) is 30.9 Å². The molecule has 0 aliphatic heterocycles. The van der Waals surface area contributed by atoms with Crippen LogP contribution in [0.15, 0.2) is 34.3 Å². The Kier molecular flexibility index (Phi) is 4.52. The summed E-state index contributed by atoms with van der Waals surface area (Å²) in [5.41, 5.74) is 3.81. The summed E-state index contributed by atoms with van der Waals surface area (Å²) in [6.45, 7) is 6.29. The Morgan fingerprint density at radius 1 is 1.26 bits per heavy atom. The van der Waals surface area contributed by atoms with Gasteiger partial charge >= 0.3 is 0 Å². The fraction of sp³-hybridized carbons (Fsp3) is 0.353. The van der Waals surface area contributed by atoms with E-state index in [0.717, 1.165) is 24.3 Å². The number of nitrogens with zero attached hydrogens (tertiary/aromatic N) is 3. The Morgan fingerprint density at radius 2 is 2.09 bits per heavy atom. The average Bonchev–Trinajstić information content (AvgIpc) is 2.95. The van der Waals surface area contributed by atoms with Crippen molar-refractivity contribution in [3.05, 3.63) is 45.9 Å². The molecule has 0 amide bonds. The SMILES string of the molecule is CCCCSc1nc2c(cnn2-c2ccc(C)c(C)c2)c(=O)[nH]1. The highest BCUT2D eigenvalue weighted by Gasteiger charge is 2.12. The van der Waals surface area contributed by atoms with Crippen molar-refractivity contribution in [2.24, 2.45) is 0 Å². The first-order valence-electron chi connectivity index (χ1n) is 7.78. The fourth-order valence-corrected chi connectivity index (χ4v) is 3.27. The van der Waals surface area contributed by atoms with E-state index in [9.17, 15) is 4.79 Å². The smallest absolute Gasteiger partial charge is 0.262 e. The molecule has 23 heavy (non-hydrogen) atoms. The van der Waals surface area contributed by atoms with Gasteiger partial charge in [-0.2, -0.15) is 5.10 Å². The second-order valence-corrected chi connectivity index (χ2v) is 6.72. The summed E-state index contributed by atoms with van der Waals surface area (Å²) in [7, 11) is 0. The van der Waals surface area contributed by atoms with Crippen molar-refractivity contribution in [2.45, 2.75) is 38.8 Å². The normalized spacial score (nSPS) is 11.3. The van der Waals surface area contributed by atoms with Crippen LogP contribution in [-0.2, 0) is 0 Å². The van der Waals surface area contributed by atoms with Crippen LogP contribution >= 0.6 is 11.8 Å². The lowest BCUT2D eigenvalue weighted by Gasteiger charge is -2.07. The van der Waals surface area contributed by atoms with Crippen molar-refractivity contribution in [3.8, 4) is 5.69 Å².